The first-order chi connectivity index (χ1) is 17.9. The lowest BCUT2D eigenvalue weighted by atomic mass is 10.1. The maximum Gasteiger partial charge on any atom is 0.275 e. The smallest absolute Gasteiger partial charge is 0.275 e. The van der Waals surface area contributed by atoms with Crippen LogP contribution in [0.25, 0.3) is 21.3 Å². The van der Waals surface area contributed by atoms with Gasteiger partial charge in [-0.1, -0.05) is 40.9 Å². The number of aromatic nitrogens is 4. The number of thiazole rings is 1. The van der Waals surface area contributed by atoms with Crippen molar-refractivity contribution in [2.75, 3.05) is 12.4 Å². The SMILES string of the molecule is COc1cc(C=C(C#N)C(=O)Nc2nc3ccccc3s2)ccc1OCc1cc(=O)n2nc(C)sc2n1. The number of nitriles is 1. The van der Waals surface area contributed by atoms with Crippen molar-refractivity contribution in [3.05, 3.63) is 80.7 Å². The fourth-order valence-corrected chi connectivity index (χ4v) is 5.10. The Labute approximate surface area is 218 Å². The van der Waals surface area contributed by atoms with Crippen LogP contribution in [0.15, 0.2) is 58.9 Å². The van der Waals surface area contributed by atoms with E-state index in [1.165, 1.54) is 46.4 Å². The zero-order chi connectivity index (χ0) is 25.9. The van der Waals surface area contributed by atoms with Gasteiger partial charge in [0.1, 0.15) is 23.3 Å². The van der Waals surface area contributed by atoms with Gasteiger partial charge in [0.2, 0.25) is 4.96 Å². The van der Waals surface area contributed by atoms with Gasteiger partial charge >= 0.3 is 0 Å². The van der Waals surface area contributed by atoms with E-state index in [1.54, 1.807) is 25.1 Å². The van der Waals surface area contributed by atoms with Crippen LogP contribution in [0.5, 0.6) is 11.5 Å². The average molecular weight is 531 g/mol. The first kappa shape index (κ1) is 24.1. The number of carbonyl (C=O) groups is 1. The molecule has 0 saturated heterocycles. The summed E-state index contributed by atoms with van der Waals surface area (Å²) in [6, 6.07) is 15.8. The average Bonchev–Trinajstić information content (AvgIpc) is 3.48. The molecule has 0 fully saturated rings. The fourth-order valence-electron chi connectivity index (χ4n) is 3.48. The van der Waals surface area contributed by atoms with E-state index in [4.69, 9.17) is 9.47 Å². The van der Waals surface area contributed by atoms with Crippen LogP contribution in [0.1, 0.15) is 16.3 Å². The van der Waals surface area contributed by atoms with Crippen molar-refractivity contribution in [2.24, 2.45) is 0 Å². The molecule has 0 aliphatic carbocycles. The van der Waals surface area contributed by atoms with Crippen molar-refractivity contribution in [2.45, 2.75) is 13.5 Å². The van der Waals surface area contributed by atoms with E-state index in [0.29, 0.717) is 32.8 Å². The topological polar surface area (TPSA) is 132 Å². The molecule has 12 heteroatoms. The molecule has 184 valence electrons. The number of hydrogen-bond donors (Lipinski definition) is 1. The van der Waals surface area contributed by atoms with Gasteiger partial charge in [0.05, 0.1) is 23.0 Å². The molecule has 0 unspecified atom stereocenters. The number of benzene rings is 2. The lowest BCUT2D eigenvalue weighted by Crippen LogP contribution is -2.16. The fraction of sp³-hybridized carbons (Fsp3) is 0.120. The highest BCUT2D eigenvalue weighted by Gasteiger charge is 2.14. The van der Waals surface area contributed by atoms with Crippen LogP contribution < -0.4 is 20.3 Å². The molecular formula is C25H18N6O4S2. The number of nitrogens with one attached hydrogen (secondary N) is 1. The number of methoxy groups -OCH3 is 1. The molecule has 3 heterocycles. The van der Waals surface area contributed by atoms with Gasteiger partial charge in [-0.25, -0.2) is 9.97 Å². The van der Waals surface area contributed by atoms with E-state index < -0.39 is 5.91 Å². The molecule has 2 aromatic carbocycles. The van der Waals surface area contributed by atoms with Crippen LogP contribution in [0.4, 0.5) is 5.13 Å². The van der Waals surface area contributed by atoms with Gasteiger partial charge in [-0.2, -0.15) is 14.9 Å². The van der Waals surface area contributed by atoms with Crippen LogP contribution in [0, 0.1) is 18.3 Å². The first-order valence-corrected chi connectivity index (χ1v) is 12.5. The standard InChI is InChI=1S/C25H18N6O4S2/c1-14-30-31-22(32)11-17(27-25(31)36-14)13-35-19-8-7-15(10-20(19)34-2)9-16(12-26)23(33)29-24-28-18-5-3-4-6-21(18)37-24/h3-11H,13H2,1-2H3,(H,28,29,33). The summed E-state index contributed by atoms with van der Waals surface area (Å²) < 4.78 is 13.5. The van der Waals surface area contributed by atoms with Gasteiger partial charge in [-0.15, -0.1) is 0 Å². The summed E-state index contributed by atoms with van der Waals surface area (Å²) in [6.45, 7) is 1.85. The van der Waals surface area contributed by atoms with Gasteiger partial charge in [0.15, 0.2) is 16.6 Å². The molecule has 0 aliphatic heterocycles. The number of carbonyl (C=O) groups excluding carboxylic acids is 1. The van der Waals surface area contributed by atoms with Crippen LogP contribution in [-0.2, 0) is 11.4 Å². The molecule has 5 aromatic rings. The third kappa shape index (κ3) is 5.18. The van der Waals surface area contributed by atoms with Crippen molar-refractivity contribution in [3.8, 4) is 17.6 Å². The summed E-state index contributed by atoms with van der Waals surface area (Å²) in [4.78, 5) is 34.2. The summed E-state index contributed by atoms with van der Waals surface area (Å²) >= 11 is 2.64. The summed E-state index contributed by atoms with van der Waals surface area (Å²) in [5, 5.41) is 17.5. The zero-order valence-electron chi connectivity index (χ0n) is 19.6. The third-order valence-electron chi connectivity index (χ3n) is 5.15. The largest absolute Gasteiger partial charge is 0.493 e. The normalized spacial score (nSPS) is 11.4. The highest BCUT2D eigenvalue weighted by Crippen LogP contribution is 2.30. The molecule has 0 saturated carbocycles. The summed E-state index contributed by atoms with van der Waals surface area (Å²) in [6.07, 6.45) is 1.46. The maximum atomic E-state index is 12.7. The van der Waals surface area contributed by atoms with Crippen LogP contribution in [-0.4, -0.2) is 32.6 Å². The Morgan fingerprint density at radius 2 is 2.00 bits per heavy atom. The van der Waals surface area contributed by atoms with E-state index in [-0.39, 0.29) is 17.7 Å². The number of rotatable bonds is 7. The second kappa shape index (κ2) is 10.2. The second-order valence-electron chi connectivity index (χ2n) is 7.71. The van der Waals surface area contributed by atoms with Crippen molar-refractivity contribution < 1.29 is 14.3 Å². The number of nitrogens with zero attached hydrogens (tertiary/aromatic N) is 5. The Hall–Kier alpha value is -4.60. The van der Waals surface area contributed by atoms with E-state index >= 15 is 0 Å². The molecule has 5 rings (SSSR count). The summed E-state index contributed by atoms with van der Waals surface area (Å²) in [5.74, 6) is 0.246. The molecular weight excluding hydrogens is 512 g/mol. The number of hydrogen-bond acceptors (Lipinski definition) is 10. The van der Waals surface area contributed by atoms with Gasteiger partial charge < -0.3 is 9.47 Å². The molecule has 10 nitrogen and oxygen atoms in total. The molecule has 0 aliphatic rings. The van der Waals surface area contributed by atoms with Crippen molar-refractivity contribution >= 4 is 55.0 Å². The molecule has 0 spiro atoms. The van der Waals surface area contributed by atoms with Gasteiger partial charge in [0.25, 0.3) is 11.5 Å². The minimum Gasteiger partial charge on any atom is -0.493 e. The van der Waals surface area contributed by atoms with Gasteiger partial charge in [-0.05, 0) is 42.8 Å². The molecule has 0 atom stereocenters. The Kier molecular flexibility index (Phi) is 6.63. The monoisotopic (exact) mass is 530 g/mol. The lowest BCUT2D eigenvalue weighted by Gasteiger charge is -2.11. The number of amides is 1. The highest BCUT2D eigenvalue weighted by atomic mass is 32.1. The molecule has 37 heavy (non-hydrogen) atoms. The molecule has 3 aromatic heterocycles. The van der Waals surface area contributed by atoms with E-state index in [2.05, 4.69) is 20.4 Å². The molecule has 0 bridgehead atoms. The van der Waals surface area contributed by atoms with Crippen molar-refractivity contribution in [1.82, 2.24) is 19.6 Å². The van der Waals surface area contributed by atoms with E-state index in [0.717, 1.165) is 15.2 Å². The summed E-state index contributed by atoms with van der Waals surface area (Å²) in [7, 11) is 1.48. The number of ether oxygens (including phenoxy) is 2. The van der Waals surface area contributed by atoms with Crippen molar-refractivity contribution in [1.29, 1.82) is 5.26 Å². The van der Waals surface area contributed by atoms with Crippen LogP contribution >= 0.6 is 22.7 Å². The number of anilines is 1. The minimum atomic E-state index is -0.563. The number of fused-ring (bicyclic) bond motifs is 2. The first-order valence-electron chi connectivity index (χ1n) is 10.9. The van der Waals surface area contributed by atoms with Crippen LogP contribution in [0.2, 0.25) is 0 Å². The predicted molar refractivity (Wildman–Crippen MR) is 141 cm³/mol. The van der Waals surface area contributed by atoms with Crippen molar-refractivity contribution in [3.63, 3.8) is 0 Å². The summed E-state index contributed by atoms with van der Waals surface area (Å²) in [5.41, 5.74) is 1.42. The Balaban J connectivity index is 1.32. The molecule has 1 amide bonds. The lowest BCUT2D eigenvalue weighted by molar-refractivity contribution is -0.112. The van der Waals surface area contributed by atoms with Gasteiger partial charge in [-0.3, -0.25) is 14.9 Å². The Morgan fingerprint density at radius 1 is 1.16 bits per heavy atom. The van der Waals surface area contributed by atoms with Crippen LogP contribution in [0.3, 0.4) is 0 Å². The third-order valence-corrected chi connectivity index (χ3v) is 6.93. The minimum absolute atomic E-state index is 0.0439. The van der Waals surface area contributed by atoms with E-state index in [9.17, 15) is 14.9 Å². The van der Waals surface area contributed by atoms with E-state index in [1.807, 2.05) is 30.3 Å². The highest BCUT2D eigenvalue weighted by molar-refractivity contribution is 7.22. The molecule has 0 radical (unpaired) electrons. The van der Waals surface area contributed by atoms with Gasteiger partial charge in [0, 0.05) is 6.07 Å². The number of aryl methyl sites for hydroxylation is 1. The number of para-hydroxylation sites is 1. The molecule has 1 N–H and O–H groups in total. The quantitative estimate of drug-likeness (QED) is 0.245. The zero-order valence-corrected chi connectivity index (χ0v) is 21.2. The predicted octanol–water partition coefficient (Wildman–Crippen LogP) is 4.20. The maximum absolute atomic E-state index is 12.7. The Morgan fingerprint density at radius 3 is 2.78 bits per heavy atom. The second-order valence-corrected chi connectivity index (χ2v) is 9.90. The Bertz CT molecular complexity index is 1750.